The Hall–Kier alpha value is -2.65. The van der Waals surface area contributed by atoms with Crippen LogP contribution >= 0.6 is 0 Å². The van der Waals surface area contributed by atoms with E-state index in [2.05, 4.69) is 14.8 Å². The van der Waals surface area contributed by atoms with Gasteiger partial charge in [0.2, 0.25) is 10.0 Å². The maximum Gasteiger partial charge on any atom is 0.241 e. The smallest absolute Gasteiger partial charge is 0.241 e. The summed E-state index contributed by atoms with van der Waals surface area (Å²) in [6, 6.07) is 7.46. The number of halogens is 2. The third-order valence-corrected chi connectivity index (χ3v) is 4.88. The van der Waals surface area contributed by atoms with Crippen molar-refractivity contribution in [1.29, 1.82) is 0 Å². The van der Waals surface area contributed by atoms with Gasteiger partial charge in [0.25, 0.3) is 0 Å². The lowest BCUT2D eigenvalue weighted by molar-refractivity contribution is 0.560. The number of sulfonamides is 1. The zero-order chi connectivity index (χ0) is 18.0. The average molecular weight is 364 g/mol. The van der Waals surface area contributed by atoms with Gasteiger partial charge in [-0.2, -0.15) is 5.10 Å². The molecule has 25 heavy (non-hydrogen) atoms. The molecule has 0 spiro atoms. The molecule has 0 amide bonds. The summed E-state index contributed by atoms with van der Waals surface area (Å²) in [4.78, 5) is 3.46. The number of hydrogen-bond donors (Lipinski definition) is 1. The third kappa shape index (κ3) is 3.89. The van der Waals surface area contributed by atoms with E-state index < -0.39 is 26.6 Å². The minimum Gasteiger partial charge on any atom is -0.268 e. The highest BCUT2D eigenvalue weighted by atomic mass is 32.2. The normalized spacial score (nSPS) is 11.6. The Morgan fingerprint density at radius 1 is 1.08 bits per heavy atom. The molecule has 2 aromatic heterocycles. The van der Waals surface area contributed by atoms with Gasteiger partial charge in [0, 0.05) is 31.1 Å². The molecule has 0 saturated carbocycles. The summed E-state index contributed by atoms with van der Waals surface area (Å²) in [5.74, 6) is -1.92. The van der Waals surface area contributed by atoms with Gasteiger partial charge in [0.1, 0.15) is 11.6 Å². The van der Waals surface area contributed by atoms with Gasteiger partial charge in [-0.15, -0.1) is 0 Å². The predicted octanol–water partition coefficient (Wildman–Crippen LogP) is 2.24. The second-order valence-corrected chi connectivity index (χ2v) is 7.08. The van der Waals surface area contributed by atoms with Gasteiger partial charge in [-0.3, -0.25) is 9.67 Å². The van der Waals surface area contributed by atoms with Gasteiger partial charge in [-0.25, -0.2) is 21.9 Å². The van der Waals surface area contributed by atoms with Crippen LogP contribution in [0.5, 0.6) is 0 Å². The Morgan fingerprint density at radius 3 is 2.36 bits per heavy atom. The second-order valence-electron chi connectivity index (χ2n) is 5.31. The molecule has 0 fully saturated rings. The predicted molar refractivity (Wildman–Crippen MR) is 86.8 cm³/mol. The van der Waals surface area contributed by atoms with E-state index in [1.165, 1.54) is 0 Å². The number of benzene rings is 1. The summed E-state index contributed by atoms with van der Waals surface area (Å²) < 4.78 is 54.7. The van der Waals surface area contributed by atoms with E-state index in [0.717, 1.165) is 23.4 Å². The molecule has 9 heteroatoms. The Morgan fingerprint density at radius 2 is 1.72 bits per heavy atom. The standard InChI is InChI=1S/C16H14F2N4O2S/c1-22-16(11-2-4-19-5-3-11)9-14(21-22)10-20-25(23,24)15-7-12(17)6-13(18)8-15/h2-9,20H,10H2,1H3. The van der Waals surface area contributed by atoms with Crippen molar-refractivity contribution >= 4 is 10.0 Å². The average Bonchev–Trinajstić information content (AvgIpc) is 2.94. The fourth-order valence-corrected chi connectivity index (χ4v) is 3.38. The highest BCUT2D eigenvalue weighted by molar-refractivity contribution is 7.89. The quantitative estimate of drug-likeness (QED) is 0.753. The van der Waals surface area contributed by atoms with Crippen molar-refractivity contribution in [2.45, 2.75) is 11.4 Å². The van der Waals surface area contributed by atoms with Crippen LogP contribution in [-0.2, 0) is 23.6 Å². The summed E-state index contributed by atoms with van der Waals surface area (Å²) in [6.45, 7) is -0.112. The maximum atomic E-state index is 13.2. The molecule has 0 saturated heterocycles. The lowest BCUT2D eigenvalue weighted by Gasteiger charge is -2.05. The first-order chi connectivity index (χ1) is 11.8. The summed E-state index contributed by atoms with van der Waals surface area (Å²) in [7, 11) is -2.33. The first-order valence-electron chi connectivity index (χ1n) is 7.24. The van der Waals surface area contributed by atoms with Crippen LogP contribution in [0.4, 0.5) is 8.78 Å². The fourth-order valence-electron chi connectivity index (χ4n) is 2.34. The first-order valence-corrected chi connectivity index (χ1v) is 8.72. The van der Waals surface area contributed by atoms with Crippen molar-refractivity contribution in [3.8, 4) is 11.3 Å². The molecule has 0 unspecified atom stereocenters. The van der Waals surface area contributed by atoms with Gasteiger partial charge in [0.15, 0.2) is 0 Å². The molecule has 0 bridgehead atoms. The van der Waals surface area contributed by atoms with Crippen LogP contribution in [0.3, 0.4) is 0 Å². The van der Waals surface area contributed by atoms with Crippen LogP contribution in [0.2, 0.25) is 0 Å². The maximum absolute atomic E-state index is 13.2. The van der Waals surface area contributed by atoms with Gasteiger partial charge in [-0.1, -0.05) is 0 Å². The Balaban J connectivity index is 1.80. The van der Waals surface area contributed by atoms with Crippen LogP contribution in [0.15, 0.2) is 53.7 Å². The summed E-state index contributed by atoms with van der Waals surface area (Å²) in [5.41, 5.74) is 2.13. The van der Waals surface area contributed by atoms with Crippen LogP contribution in [0, 0.1) is 11.6 Å². The highest BCUT2D eigenvalue weighted by Gasteiger charge is 2.17. The number of rotatable bonds is 5. The van der Waals surface area contributed by atoms with Gasteiger partial charge in [0.05, 0.1) is 22.8 Å². The zero-order valence-electron chi connectivity index (χ0n) is 13.1. The molecular weight excluding hydrogens is 350 g/mol. The Labute approximate surface area is 143 Å². The van der Waals surface area contributed by atoms with Gasteiger partial charge < -0.3 is 0 Å². The van der Waals surface area contributed by atoms with E-state index in [4.69, 9.17) is 0 Å². The van der Waals surface area contributed by atoms with Crippen molar-refractivity contribution in [3.63, 3.8) is 0 Å². The number of nitrogens with one attached hydrogen (secondary N) is 1. The van der Waals surface area contributed by atoms with E-state index in [1.807, 2.05) is 0 Å². The van der Waals surface area contributed by atoms with Gasteiger partial charge in [-0.05, 0) is 30.3 Å². The minimum atomic E-state index is -4.06. The monoisotopic (exact) mass is 364 g/mol. The minimum absolute atomic E-state index is 0.112. The number of nitrogens with zero attached hydrogens (tertiary/aromatic N) is 3. The third-order valence-electron chi connectivity index (χ3n) is 3.50. The van der Waals surface area contributed by atoms with Crippen molar-refractivity contribution in [2.75, 3.05) is 0 Å². The molecule has 1 aromatic carbocycles. The molecule has 6 nitrogen and oxygen atoms in total. The number of aryl methyl sites for hydroxylation is 1. The molecule has 0 aliphatic carbocycles. The van der Waals surface area contributed by atoms with E-state index >= 15 is 0 Å². The topological polar surface area (TPSA) is 76.9 Å². The van der Waals surface area contributed by atoms with Crippen molar-refractivity contribution in [3.05, 3.63) is 66.1 Å². The van der Waals surface area contributed by atoms with E-state index in [0.29, 0.717) is 11.8 Å². The summed E-state index contributed by atoms with van der Waals surface area (Å²) in [5, 5.41) is 4.24. The number of aromatic nitrogens is 3. The van der Waals surface area contributed by atoms with E-state index in [1.54, 1.807) is 42.3 Å². The molecule has 2 heterocycles. The fraction of sp³-hybridized carbons (Fsp3) is 0.125. The SMILES string of the molecule is Cn1nc(CNS(=O)(=O)c2cc(F)cc(F)c2)cc1-c1ccncc1. The molecule has 0 atom stereocenters. The molecule has 0 aliphatic rings. The Kier molecular flexibility index (Phi) is 4.60. The zero-order valence-corrected chi connectivity index (χ0v) is 14.0. The van der Waals surface area contributed by atoms with Crippen LogP contribution < -0.4 is 4.72 Å². The Bertz CT molecular complexity index is 984. The molecule has 3 rings (SSSR count). The lowest BCUT2D eigenvalue weighted by Crippen LogP contribution is -2.23. The molecule has 0 radical (unpaired) electrons. The number of pyridine rings is 1. The molecule has 3 aromatic rings. The van der Waals surface area contributed by atoms with Gasteiger partial charge >= 0.3 is 0 Å². The molecular formula is C16H14F2N4O2S. The molecule has 130 valence electrons. The van der Waals surface area contributed by atoms with Crippen molar-refractivity contribution in [2.24, 2.45) is 7.05 Å². The van der Waals surface area contributed by atoms with E-state index in [9.17, 15) is 17.2 Å². The van der Waals surface area contributed by atoms with Crippen LogP contribution in [0.1, 0.15) is 5.69 Å². The lowest BCUT2D eigenvalue weighted by atomic mass is 10.2. The van der Waals surface area contributed by atoms with Crippen molar-refractivity contribution in [1.82, 2.24) is 19.5 Å². The molecule has 0 aliphatic heterocycles. The molecule has 1 N–H and O–H groups in total. The van der Waals surface area contributed by atoms with Crippen LogP contribution in [0.25, 0.3) is 11.3 Å². The highest BCUT2D eigenvalue weighted by Crippen LogP contribution is 2.19. The summed E-state index contributed by atoms with van der Waals surface area (Å²) >= 11 is 0. The van der Waals surface area contributed by atoms with Crippen LogP contribution in [-0.4, -0.2) is 23.2 Å². The second kappa shape index (κ2) is 6.69. The number of hydrogen-bond acceptors (Lipinski definition) is 4. The largest absolute Gasteiger partial charge is 0.268 e. The first kappa shape index (κ1) is 17.2. The summed E-state index contributed by atoms with van der Waals surface area (Å²) in [6.07, 6.45) is 3.28. The van der Waals surface area contributed by atoms with Crippen molar-refractivity contribution < 1.29 is 17.2 Å². The van der Waals surface area contributed by atoms with E-state index in [-0.39, 0.29) is 6.54 Å².